The molecule has 0 radical (unpaired) electrons. The number of aliphatic carboxylic acids is 1. The minimum atomic E-state index is -1.19. The van der Waals surface area contributed by atoms with Crippen LogP contribution in [-0.2, 0) is 19.2 Å². The van der Waals surface area contributed by atoms with E-state index >= 15 is 0 Å². The third kappa shape index (κ3) is 10.8. The van der Waals surface area contributed by atoms with E-state index < -0.39 is 55.0 Å². The van der Waals surface area contributed by atoms with Gasteiger partial charge in [0, 0.05) is 0 Å². The first-order valence-electron chi connectivity index (χ1n) is 8.57. The second kappa shape index (κ2) is 13.3. The Bertz CT molecular complexity index is 517. The number of amides is 3. The van der Waals surface area contributed by atoms with Gasteiger partial charge in [0.15, 0.2) is 0 Å². The fourth-order valence-electron chi connectivity index (χ4n) is 2.13. The molecule has 0 aliphatic heterocycles. The van der Waals surface area contributed by atoms with Gasteiger partial charge in [-0.3, -0.25) is 19.2 Å². The predicted octanol–water partition coefficient (Wildman–Crippen LogP) is -1.72. The van der Waals surface area contributed by atoms with Gasteiger partial charge in [0.2, 0.25) is 17.7 Å². The quantitative estimate of drug-likeness (QED) is 0.210. The highest BCUT2D eigenvalue weighted by Crippen LogP contribution is 2.07. The van der Waals surface area contributed by atoms with Crippen molar-refractivity contribution in [3.8, 4) is 0 Å². The fraction of sp³-hybridized carbons (Fsp3) is 0.750. The summed E-state index contributed by atoms with van der Waals surface area (Å²) < 4.78 is 0. The maximum atomic E-state index is 12.6. The van der Waals surface area contributed by atoms with Crippen molar-refractivity contribution < 1.29 is 29.4 Å². The van der Waals surface area contributed by atoms with Crippen molar-refractivity contribution in [1.29, 1.82) is 0 Å². The van der Waals surface area contributed by atoms with Crippen molar-refractivity contribution in [2.24, 2.45) is 11.7 Å². The maximum Gasteiger partial charge on any atom is 0.322 e. The van der Waals surface area contributed by atoms with E-state index in [0.717, 1.165) is 0 Å². The van der Waals surface area contributed by atoms with Crippen molar-refractivity contribution in [2.75, 3.05) is 25.2 Å². The van der Waals surface area contributed by atoms with Crippen LogP contribution in [0.1, 0.15) is 26.7 Å². The lowest BCUT2D eigenvalue weighted by molar-refractivity contribution is -0.138. The van der Waals surface area contributed by atoms with E-state index in [4.69, 9.17) is 15.9 Å². The number of carbonyl (C=O) groups is 4. The number of thioether (sulfide) groups is 1. The molecule has 0 aromatic heterocycles. The summed E-state index contributed by atoms with van der Waals surface area (Å²) in [6, 6.07) is -3.01. The van der Waals surface area contributed by atoms with Crippen LogP contribution < -0.4 is 21.7 Å². The minimum absolute atomic E-state index is 0.0629. The Hall–Kier alpha value is -1.85. The van der Waals surface area contributed by atoms with Gasteiger partial charge in [-0.25, -0.2) is 0 Å². The van der Waals surface area contributed by atoms with Crippen LogP contribution in [0.5, 0.6) is 0 Å². The molecule has 0 saturated carbocycles. The van der Waals surface area contributed by atoms with Crippen molar-refractivity contribution in [2.45, 2.75) is 44.8 Å². The largest absolute Gasteiger partial charge is 0.480 e. The molecule has 0 rings (SSSR count). The molecule has 0 aliphatic rings. The summed E-state index contributed by atoms with van der Waals surface area (Å²) in [5.41, 5.74) is 5.46. The lowest BCUT2D eigenvalue weighted by Crippen LogP contribution is -2.56. The van der Waals surface area contributed by atoms with Crippen LogP contribution in [0.2, 0.25) is 0 Å². The molecule has 3 amide bonds. The normalized spacial score (nSPS) is 14.1. The summed E-state index contributed by atoms with van der Waals surface area (Å²) >= 11 is 1.48. The Labute approximate surface area is 163 Å². The highest BCUT2D eigenvalue weighted by molar-refractivity contribution is 7.98. The number of aliphatic hydroxyl groups excluding tert-OH is 1. The molecule has 0 aromatic rings. The zero-order chi connectivity index (χ0) is 21.0. The molecule has 0 spiro atoms. The van der Waals surface area contributed by atoms with Crippen LogP contribution in [-0.4, -0.2) is 77.2 Å². The van der Waals surface area contributed by atoms with E-state index in [-0.39, 0.29) is 5.92 Å². The fourth-order valence-corrected chi connectivity index (χ4v) is 2.60. The summed E-state index contributed by atoms with van der Waals surface area (Å²) in [7, 11) is 0. The van der Waals surface area contributed by atoms with E-state index in [1.54, 1.807) is 0 Å². The van der Waals surface area contributed by atoms with Crippen LogP contribution in [0, 0.1) is 5.92 Å². The molecule has 0 saturated heterocycles. The van der Waals surface area contributed by atoms with Gasteiger partial charge in [-0.2, -0.15) is 11.8 Å². The molecule has 0 heterocycles. The molecule has 27 heavy (non-hydrogen) atoms. The summed E-state index contributed by atoms with van der Waals surface area (Å²) in [6.45, 7) is 2.60. The molecule has 10 nitrogen and oxygen atoms in total. The van der Waals surface area contributed by atoms with Crippen LogP contribution >= 0.6 is 11.8 Å². The average molecular weight is 407 g/mol. The van der Waals surface area contributed by atoms with E-state index in [1.807, 2.05) is 20.1 Å². The Balaban J connectivity index is 5.12. The molecule has 11 heteroatoms. The second-order valence-corrected chi connectivity index (χ2v) is 7.42. The molecule has 3 atom stereocenters. The summed E-state index contributed by atoms with van der Waals surface area (Å²) in [5, 5.41) is 24.9. The SMILES string of the molecule is CSCCC(NC(=O)C(N)CO)C(=O)NC(CC(C)C)C(=O)NCC(=O)O. The number of nitrogens with one attached hydrogen (secondary N) is 3. The van der Waals surface area contributed by atoms with Crippen LogP contribution in [0.15, 0.2) is 0 Å². The first kappa shape index (κ1) is 25.1. The Kier molecular flexibility index (Phi) is 12.4. The van der Waals surface area contributed by atoms with Gasteiger partial charge in [0.05, 0.1) is 6.61 Å². The molecule has 0 bridgehead atoms. The molecule has 0 fully saturated rings. The van der Waals surface area contributed by atoms with Gasteiger partial charge in [0.1, 0.15) is 24.7 Å². The van der Waals surface area contributed by atoms with Gasteiger partial charge in [0.25, 0.3) is 0 Å². The van der Waals surface area contributed by atoms with Gasteiger partial charge >= 0.3 is 5.97 Å². The van der Waals surface area contributed by atoms with E-state index in [9.17, 15) is 19.2 Å². The van der Waals surface area contributed by atoms with Gasteiger partial charge in [-0.15, -0.1) is 0 Å². The number of hydrogen-bond donors (Lipinski definition) is 6. The number of rotatable bonds is 13. The van der Waals surface area contributed by atoms with Crippen molar-refractivity contribution in [1.82, 2.24) is 16.0 Å². The third-order valence-corrected chi connectivity index (χ3v) is 4.17. The monoisotopic (exact) mass is 406 g/mol. The van der Waals surface area contributed by atoms with E-state index in [0.29, 0.717) is 18.6 Å². The summed E-state index contributed by atoms with van der Waals surface area (Å²) in [6.07, 6.45) is 2.45. The van der Waals surface area contributed by atoms with Gasteiger partial charge < -0.3 is 31.9 Å². The first-order chi connectivity index (χ1) is 12.6. The zero-order valence-corrected chi connectivity index (χ0v) is 16.7. The Morgan fingerprint density at radius 2 is 1.63 bits per heavy atom. The molecular weight excluding hydrogens is 376 g/mol. The summed E-state index contributed by atoms with van der Waals surface area (Å²) in [4.78, 5) is 47.3. The molecule has 7 N–H and O–H groups in total. The molecule has 156 valence electrons. The maximum absolute atomic E-state index is 12.6. The van der Waals surface area contributed by atoms with Crippen molar-refractivity contribution >= 4 is 35.5 Å². The highest BCUT2D eigenvalue weighted by Gasteiger charge is 2.28. The van der Waals surface area contributed by atoms with Crippen molar-refractivity contribution in [3.63, 3.8) is 0 Å². The van der Waals surface area contributed by atoms with Gasteiger partial charge in [-0.05, 0) is 30.8 Å². The smallest absolute Gasteiger partial charge is 0.322 e. The Morgan fingerprint density at radius 3 is 2.11 bits per heavy atom. The number of aliphatic hydroxyl groups is 1. The van der Waals surface area contributed by atoms with Gasteiger partial charge in [-0.1, -0.05) is 13.8 Å². The molecule has 0 aliphatic carbocycles. The molecular formula is C16H30N4O6S. The minimum Gasteiger partial charge on any atom is -0.480 e. The third-order valence-electron chi connectivity index (χ3n) is 3.53. The topological polar surface area (TPSA) is 171 Å². The van der Waals surface area contributed by atoms with Crippen LogP contribution in [0.3, 0.4) is 0 Å². The molecule has 0 aromatic carbocycles. The lowest BCUT2D eigenvalue weighted by Gasteiger charge is -2.24. The lowest BCUT2D eigenvalue weighted by atomic mass is 10.0. The predicted molar refractivity (Wildman–Crippen MR) is 102 cm³/mol. The van der Waals surface area contributed by atoms with E-state index in [1.165, 1.54) is 11.8 Å². The highest BCUT2D eigenvalue weighted by atomic mass is 32.2. The number of hydrogen-bond acceptors (Lipinski definition) is 7. The number of carboxylic acids is 1. The first-order valence-corrected chi connectivity index (χ1v) is 9.97. The molecule has 3 unspecified atom stereocenters. The van der Waals surface area contributed by atoms with Crippen molar-refractivity contribution in [3.05, 3.63) is 0 Å². The van der Waals surface area contributed by atoms with Crippen LogP contribution in [0.4, 0.5) is 0 Å². The number of carboxylic acid groups (broad SMARTS) is 1. The average Bonchev–Trinajstić information content (AvgIpc) is 2.60. The zero-order valence-electron chi connectivity index (χ0n) is 15.9. The van der Waals surface area contributed by atoms with E-state index in [2.05, 4.69) is 16.0 Å². The number of nitrogens with two attached hydrogens (primary N) is 1. The Morgan fingerprint density at radius 1 is 1.04 bits per heavy atom. The number of carbonyl (C=O) groups excluding carboxylic acids is 3. The standard InChI is InChI=1S/C16H30N4O6S/c1-9(2)6-12(15(25)18-7-13(22)23)20-16(26)11(4-5-27-3)19-14(24)10(17)8-21/h9-12,21H,4-8,17H2,1-3H3,(H,18,25)(H,19,24)(H,20,26)(H,22,23). The second-order valence-electron chi connectivity index (χ2n) is 6.43. The summed E-state index contributed by atoms with van der Waals surface area (Å²) in [5.74, 6) is -2.41. The van der Waals surface area contributed by atoms with Crippen LogP contribution in [0.25, 0.3) is 0 Å².